The molecule has 110 valence electrons. The van der Waals surface area contributed by atoms with Crippen LogP contribution in [-0.4, -0.2) is 59.9 Å². The van der Waals surface area contributed by atoms with Crippen molar-refractivity contribution in [1.29, 1.82) is 0 Å². The van der Waals surface area contributed by atoms with E-state index in [-0.39, 0.29) is 17.8 Å². The van der Waals surface area contributed by atoms with Gasteiger partial charge in [-0.25, -0.2) is 14.3 Å². The van der Waals surface area contributed by atoms with Gasteiger partial charge in [0.1, 0.15) is 0 Å². The van der Waals surface area contributed by atoms with E-state index in [1.165, 1.54) is 10.9 Å². The number of carboxylic acids is 1. The molecule has 0 aliphatic carbocycles. The van der Waals surface area contributed by atoms with Crippen molar-refractivity contribution in [3.8, 4) is 0 Å². The second kappa shape index (κ2) is 4.89. The number of urea groups is 1. The molecule has 3 rings (SSSR count). The topological polar surface area (TPSA) is 118 Å². The molecule has 0 unspecified atom stereocenters. The summed E-state index contributed by atoms with van der Waals surface area (Å²) in [5.41, 5.74) is -0.105. The molecule has 1 saturated heterocycles. The zero-order chi connectivity index (χ0) is 15.0. The van der Waals surface area contributed by atoms with Crippen molar-refractivity contribution in [2.75, 3.05) is 18.4 Å². The molecule has 10 nitrogen and oxygen atoms in total. The van der Waals surface area contributed by atoms with Crippen molar-refractivity contribution < 1.29 is 14.7 Å². The molecule has 0 saturated carbocycles. The Morgan fingerprint density at radius 2 is 2.19 bits per heavy atom. The Morgan fingerprint density at radius 3 is 2.76 bits per heavy atom. The number of carbonyl (C=O) groups is 2. The number of amides is 2. The maximum atomic E-state index is 11.9. The molecular weight excluding hydrogens is 278 g/mol. The van der Waals surface area contributed by atoms with Gasteiger partial charge in [0.25, 0.3) is 0 Å². The Labute approximate surface area is 119 Å². The van der Waals surface area contributed by atoms with Crippen LogP contribution in [0.3, 0.4) is 0 Å². The fraction of sp³-hybridized carbons (Fsp3) is 0.364. The molecule has 21 heavy (non-hydrogen) atoms. The van der Waals surface area contributed by atoms with Crippen molar-refractivity contribution in [3.63, 3.8) is 0 Å². The van der Waals surface area contributed by atoms with Crippen LogP contribution in [0.15, 0.2) is 18.5 Å². The SMILES string of the molecule is Cn1ccc(NC(=O)N2CC(n3cc(C(=O)O)nn3)C2)n1. The van der Waals surface area contributed by atoms with E-state index in [0.717, 1.165) is 0 Å². The first-order valence-electron chi connectivity index (χ1n) is 6.23. The second-order valence-corrected chi connectivity index (χ2v) is 4.75. The summed E-state index contributed by atoms with van der Waals surface area (Å²) in [6, 6.07) is 1.40. The van der Waals surface area contributed by atoms with Crippen molar-refractivity contribution in [3.05, 3.63) is 24.2 Å². The van der Waals surface area contributed by atoms with Crippen LogP contribution < -0.4 is 5.32 Å². The van der Waals surface area contributed by atoms with Crippen LogP contribution in [0.2, 0.25) is 0 Å². The number of nitrogens with one attached hydrogen (secondary N) is 1. The maximum Gasteiger partial charge on any atom is 0.358 e. The minimum Gasteiger partial charge on any atom is -0.476 e. The third-order valence-corrected chi connectivity index (χ3v) is 3.20. The summed E-state index contributed by atoms with van der Waals surface area (Å²) in [4.78, 5) is 24.2. The largest absolute Gasteiger partial charge is 0.476 e. The van der Waals surface area contributed by atoms with Crippen LogP contribution in [0.5, 0.6) is 0 Å². The van der Waals surface area contributed by atoms with Crippen LogP contribution in [0, 0.1) is 0 Å². The van der Waals surface area contributed by atoms with Gasteiger partial charge in [0.15, 0.2) is 11.5 Å². The Morgan fingerprint density at radius 1 is 1.43 bits per heavy atom. The highest BCUT2D eigenvalue weighted by Gasteiger charge is 2.33. The summed E-state index contributed by atoms with van der Waals surface area (Å²) < 4.78 is 3.06. The minimum atomic E-state index is -1.12. The molecule has 0 radical (unpaired) electrons. The Hall–Kier alpha value is -2.91. The van der Waals surface area contributed by atoms with E-state index in [4.69, 9.17) is 5.11 Å². The van der Waals surface area contributed by atoms with E-state index < -0.39 is 5.97 Å². The first-order chi connectivity index (χ1) is 10.0. The highest BCUT2D eigenvalue weighted by Crippen LogP contribution is 2.21. The van der Waals surface area contributed by atoms with E-state index >= 15 is 0 Å². The smallest absolute Gasteiger partial charge is 0.358 e. The predicted molar refractivity (Wildman–Crippen MR) is 69.8 cm³/mol. The van der Waals surface area contributed by atoms with Crippen LogP contribution in [0.1, 0.15) is 16.5 Å². The maximum absolute atomic E-state index is 11.9. The Bertz CT molecular complexity index is 686. The molecule has 2 aromatic heterocycles. The number of rotatable bonds is 3. The number of carboxylic acid groups (broad SMARTS) is 1. The normalized spacial score (nSPS) is 14.8. The summed E-state index contributed by atoms with van der Waals surface area (Å²) in [5, 5.41) is 22.8. The highest BCUT2D eigenvalue weighted by atomic mass is 16.4. The van der Waals surface area contributed by atoms with Crippen molar-refractivity contribution in [2.24, 2.45) is 7.05 Å². The lowest BCUT2D eigenvalue weighted by Gasteiger charge is -2.38. The van der Waals surface area contributed by atoms with Crippen molar-refractivity contribution in [1.82, 2.24) is 29.7 Å². The van der Waals surface area contributed by atoms with Crippen LogP contribution in [0.25, 0.3) is 0 Å². The predicted octanol–water partition coefficient (Wildman–Crippen LogP) is -0.201. The number of aromatic nitrogens is 5. The number of nitrogens with zero attached hydrogens (tertiary/aromatic N) is 6. The molecule has 0 atom stereocenters. The Balaban J connectivity index is 1.55. The molecule has 3 heterocycles. The molecule has 2 aromatic rings. The number of hydrogen-bond donors (Lipinski definition) is 2. The highest BCUT2D eigenvalue weighted by molar-refractivity contribution is 5.88. The van der Waals surface area contributed by atoms with Gasteiger partial charge in [-0.1, -0.05) is 5.21 Å². The summed E-state index contributed by atoms with van der Waals surface area (Å²) >= 11 is 0. The number of aryl methyl sites for hydroxylation is 1. The van der Waals surface area contributed by atoms with Crippen LogP contribution in [0.4, 0.5) is 10.6 Å². The number of hydrogen-bond acceptors (Lipinski definition) is 5. The molecule has 2 amide bonds. The van der Waals surface area contributed by atoms with Gasteiger partial charge in [-0.15, -0.1) is 5.10 Å². The van der Waals surface area contributed by atoms with Gasteiger partial charge < -0.3 is 10.0 Å². The molecule has 1 aliphatic rings. The summed E-state index contributed by atoms with van der Waals surface area (Å²) in [5.74, 6) is -0.634. The number of aromatic carboxylic acids is 1. The van der Waals surface area contributed by atoms with E-state index in [9.17, 15) is 9.59 Å². The summed E-state index contributed by atoms with van der Waals surface area (Å²) in [7, 11) is 1.76. The minimum absolute atomic E-state index is 0.0555. The molecule has 1 aliphatic heterocycles. The van der Waals surface area contributed by atoms with E-state index in [1.807, 2.05) is 0 Å². The lowest BCUT2D eigenvalue weighted by atomic mass is 10.1. The molecule has 10 heteroatoms. The van der Waals surface area contributed by atoms with Gasteiger partial charge in [0, 0.05) is 32.4 Å². The second-order valence-electron chi connectivity index (χ2n) is 4.75. The molecular formula is C11H13N7O3. The molecule has 1 fully saturated rings. The number of carbonyl (C=O) groups excluding carboxylic acids is 1. The third-order valence-electron chi connectivity index (χ3n) is 3.20. The number of anilines is 1. The van der Waals surface area contributed by atoms with E-state index in [1.54, 1.807) is 28.9 Å². The zero-order valence-electron chi connectivity index (χ0n) is 11.2. The third kappa shape index (κ3) is 2.55. The Kier molecular flexibility index (Phi) is 3.05. The first-order valence-corrected chi connectivity index (χ1v) is 6.23. The van der Waals surface area contributed by atoms with Gasteiger partial charge in [0.05, 0.1) is 12.2 Å². The van der Waals surface area contributed by atoms with Gasteiger partial charge in [0.2, 0.25) is 0 Å². The van der Waals surface area contributed by atoms with Crippen molar-refractivity contribution in [2.45, 2.75) is 6.04 Å². The van der Waals surface area contributed by atoms with E-state index in [0.29, 0.717) is 18.9 Å². The quantitative estimate of drug-likeness (QED) is 0.808. The first kappa shape index (κ1) is 13.1. The number of likely N-dealkylation sites (tertiary alicyclic amines) is 1. The monoisotopic (exact) mass is 291 g/mol. The summed E-state index contributed by atoms with van der Waals surface area (Å²) in [6.45, 7) is 0.891. The lowest BCUT2D eigenvalue weighted by molar-refractivity contribution is 0.0690. The van der Waals surface area contributed by atoms with Gasteiger partial charge in [-0.2, -0.15) is 5.10 Å². The van der Waals surface area contributed by atoms with Crippen LogP contribution in [-0.2, 0) is 7.05 Å². The molecule has 0 spiro atoms. The van der Waals surface area contributed by atoms with Gasteiger partial charge in [-0.3, -0.25) is 10.00 Å². The van der Waals surface area contributed by atoms with Gasteiger partial charge in [-0.05, 0) is 0 Å². The fourth-order valence-electron chi connectivity index (χ4n) is 2.01. The summed E-state index contributed by atoms with van der Waals surface area (Å²) in [6.07, 6.45) is 3.10. The zero-order valence-corrected chi connectivity index (χ0v) is 11.2. The molecule has 0 aromatic carbocycles. The standard InChI is InChI=1S/C11H13N7O3/c1-16-3-2-9(14-16)12-11(21)17-4-7(5-17)18-6-8(10(19)20)13-15-18/h2-3,6-7H,4-5H2,1H3,(H,19,20)(H,12,14,21). The molecule has 2 N–H and O–H groups in total. The van der Waals surface area contributed by atoms with E-state index in [2.05, 4.69) is 20.7 Å². The lowest BCUT2D eigenvalue weighted by Crippen LogP contribution is -2.52. The van der Waals surface area contributed by atoms with Gasteiger partial charge >= 0.3 is 12.0 Å². The fourth-order valence-corrected chi connectivity index (χ4v) is 2.01. The average Bonchev–Trinajstić information content (AvgIpc) is 2.97. The van der Waals surface area contributed by atoms with Crippen LogP contribution >= 0.6 is 0 Å². The molecule has 0 bridgehead atoms. The average molecular weight is 291 g/mol. The van der Waals surface area contributed by atoms with Crippen molar-refractivity contribution >= 4 is 17.8 Å².